The van der Waals surface area contributed by atoms with Crippen molar-refractivity contribution in [1.82, 2.24) is 0 Å². The van der Waals surface area contributed by atoms with Crippen LogP contribution in [0.25, 0.3) is 6.08 Å². The number of anilines is 1. The quantitative estimate of drug-likeness (QED) is 0.596. The highest BCUT2D eigenvalue weighted by atomic mass is 32.1. The summed E-state index contributed by atoms with van der Waals surface area (Å²) in [4.78, 5) is 24.3. The second kappa shape index (κ2) is 9.03. The Kier molecular flexibility index (Phi) is 6.75. The van der Waals surface area contributed by atoms with Gasteiger partial charge >= 0.3 is 5.97 Å². The van der Waals surface area contributed by atoms with Crippen LogP contribution in [0.4, 0.5) is 5.69 Å². The standard InChI is InChI=1S/C19H21NO3S/c1-3-14(2)15-6-8-16(9-7-15)20-18(21)13-23-19(22)11-10-17-5-4-12-24-17/h4-12,14H,3,13H2,1-2H3,(H,20,21). The fourth-order valence-electron chi connectivity index (χ4n) is 2.05. The van der Waals surface area contributed by atoms with E-state index < -0.39 is 5.97 Å². The average Bonchev–Trinajstić information content (AvgIpc) is 3.11. The summed E-state index contributed by atoms with van der Waals surface area (Å²) >= 11 is 1.52. The van der Waals surface area contributed by atoms with Crippen molar-refractivity contribution in [3.63, 3.8) is 0 Å². The number of carbonyl (C=O) groups is 2. The van der Waals surface area contributed by atoms with Crippen molar-refractivity contribution in [1.29, 1.82) is 0 Å². The van der Waals surface area contributed by atoms with E-state index in [4.69, 9.17) is 4.74 Å². The van der Waals surface area contributed by atoms with E-state index in [2.05, 4.69) is 19.2 Å². The van der Waals surface area contributed by atoms with Crippen molar-refractivity contribution < 1.29 is 14.3 Å². The minimum atomic E-state index is -0.536. The van der Waals surface area contributed by atoms with Crippen LogP contribution in [-0.2, 0) is 14.3 Å². The van der Waals surface area contributed by atoms with Crippen LogP contribution >= 0.6 is 11.3 Å². The normalized spacial score (nSPS) is 12.1. The summed E-state index contributed by atoms with van der Waals surface area (Å²) in [7, 11) is 0. The molecule has 1 unspecified atom stereocenters. The van der Waals surface area contributed by atoms with Gasteiger partial charge in [-0.3, -0.25) is 4.79 Å². The molecule has 1 aromatic heterocycles. The lowest BCUT2D eigenvalue weighted by molar-refractivity contribution is -0.142. The Balaban J connectivity index is 1.77. The van der Waals surface area contributed by atoms with Crippen LogP contribution in [0.3, 0.4) is 0 Å². The van der Waals surface area contributed by atoms with E-state index >= 15 is 0 Å². The average molecular weight is 343 g/mol. The summed E-state index contributed by atoms with van der Waals surface area (Å²) in [6.45, 7) is 4.00. The van der Waals surface area contributed by atoms with E-state index in [1.165, 1.54) is 23.0 Å². The van der Waals surface area contributed by atoms with Crippen LogP contribution in [0, 0.1) is 0 Å². The van der Waals surface area contributed by atoms with Gasteiger partial charge in [0.15, 0.2) is 6.61 Å². The van der Waals surface area contributed by atoms with Crippen molar-refractivity contribution in [3.05, 3.63) is 58.3 Å². The van der Waals surface area contributed by atoms with Gasteiger partial charge in [-0.05, 0) is 47.6 Å². The van der Waals surface area contributed by atoms with Crippen molar-refractivity contribution in [2.24, 2.45) is 0 Å². The van der Waals surface area contributed by atoms with E-state index in [0.29, 0.717) is 11.6 Å². The largest absolute Gasteiger partial charge is 0.452 e. The molecule has 2 aromatic rings. The van der Waals surface area contributed by atoms with Gasteiger partial charge in [0.05, 0.1) is 0 Å². The van der Waals surface area contributed by atoms with Crippen molar-refractivity contribution in [2.45, 2.75) is 26.2 Å². The maximum atomic E-state index is 11.8. The molecular formula is C19H21NO3S. The SMILES string of the molecule is CCC(C)c1ccc(NC(=O)COC(=O)C=Cc2cccs2)cc1. The third-order valence-corrected chi connectivity index (χ3v) is 4.49. The third kappa shape index (κ3) is 5.66. The highest BCUT2D eigenvalue weighted by molar-refractivity contribution is 7.10. The first-order chi connectivity index (χ1) is 11.6. The molecule has 1 heterocycles. The van der Waals surface area contributed by atoms with Gasteiger partial charge < -0.3 is 10.1 Å². The lowest BCUT2D eigenvalue weighted by Gasteiger charge is -2.10. The molecule has 1 atom stereocenters. The number of nitrogens with one attached hydrogen (secondary N) is 1. The smallest absolute Gasteiger partial charge is 0.331 e. The Hall–Kier alpha value is -2.40. The number of amides is 1. The van der Waals surface area contributed by atoms with Crippen LogP contribution in [-0.4, -0.2) is 18.5 Å². The van der Waals surface area contributed by atoms with Gasteiger partial charge in [0, 0.05) is 16.6 Å². The minimum absolute atomic E-state index is 0.305. The van der Waals surface area contributed by atoms with Gasteiger partial charge in [-0.25, -0.2) is 4.79 Å². The Morgan fingerprint density at radius 1 is 1.25 bits per heavy atom. The molecule has 4 nitrogen and oxygen atoms in total. The molecule has 0 radical (unpaired) electrons. The molecule has 0 aliphatic rings. The topological polar surface area (TPSA) is 55.4 Å². The zero-order valence-corrected chi connectivity index (χ0v) is 14.6. The predicted molar refractivity (Wildman–Crippen MR) is 98.1 cm³/mol. The number of hydrogen-bond donors (Lipinski definition) is 1. The first-order valence-electron chi connectivity index (χ1n) is 7.86. The molecule has 0 spiro atoms. The molecule has 1 aromatic carbocycles. The Morgan fingerprint density at radius 2 is 2.00 bits per heavy atom. The Labute approximate surface area is 146 Å². The van der Waals surface area contributed by atoms with Crippen molar-refractivity contribution in [3.8, 4) is 0 Å². The van der Waals surface area contributed by atoms with Crippen LogP contribution in [0.15, 0.2) is 47.9 Å². The number of esters is 1. The molecule has 5 heteroatoms. The summed E-state index contributed by atoms with van der Waals surface area (Å²) in [5, 5.41) is 4.63. The number of ether oxygens (including phenoxy) is 1. The number of thiophene rings is 1. The van der Waals surface area contributed by atoms with Gasteiger partial charge in [-0.2, -0.15) is 0 Å². The summed E-state index contributed by atoms with van der Waals surface area (Å²) in [6.07, 6.45) is 4.05. The maximum absolute atomic E-state index is 11.8. The summed E-state index contributed by atoms with van der Waals surface area (Å²) in [6, 6.07) is 11.5. The number of benzene rings is 1. The highest BCUT2D eigenvalue weighted by Crippen LogP contribution is 2.20. The van der Waals surface area contributed by atoms with E-state index in [1.807, 2.05) is 41.8 Å². The van der Waals surface area contributed by atoms with Crippen LogP contribution < -0.4 is 5.32 Å². The lowest BCUT2D eigenvalue weighted by Crippen LogP contribution is -2.20. The second-order valence-electron chi connectivity index (χ2n) is 5.44. The molecule has 0 aliphatic carbocycles. The summed E-state index contributed by atoms with van der Waals surface area (Å²) in [5.41, 5.74) is 1.93. The van der Waals surface area contributed by atoms with Gasteiger partial charge in [0.1, 0.15) is 0 Å². The van der Waals surface area contributed by atoms with E-state index in [0.717, 1.165) is 11.3 Å². The molecule has 0 fully saturated rings. The number of rotatable bonds is 7. The first-order valence-corrected chi connectivity index (χ1v) is 8.74. The molecule has 24 heavy (non-hydrogen) atoms. The Bertz CT molecular complexity index is 690. The number of carbonyl (C=O) groups excluding carboxylic acids is 2. The van der Waals surface area contributed by atoms with Crippen molar-refractivity contribution in [2.75, 3.05) is 11.9 Å². The molecule has 0 saturated carbocycles. The zero-order valence-electron chi connectivity index (χ0n) is 13.8. The molecule has 126 valence electrons. The lowest BCUT2D eigenvalue weighted by atomic mass is 9.99. The van der Waals surface area contributed by atoms with E-state index in [-0.39, 0.29) is 12.5 Å². The van der Waals surface area contributed by atoms with Gasteiger partial charge in [0.2, 0.25) is 0 Å². The molecule has 1 amide bonds. The third-order valence-electron chi connectivity index (χ3n) is 3.65. The van der Waals surface area contributed by atoms with Gasteiger partial charge in [-0.1, -0.05) is 32.0 Å². The molecule has 2 rings (SSSR count). The summed E-state index contributed by atoms with van der Waals surface area (Å²) in [5.74, 6) is -0.402. The molecule has 0 saturated heterocycles. The fourth-order valence-corrected chi connectivity index (χ4v) is 2.67. The van der Waals surface area contributed by atoms with Crippen LogP contribution in [0.5, 0.6) is 0 Å². The monoisotopic (exact) mass is 343 g/mol. The molecular weight excluding hydrogens is 322 g/mol. The predicted octanol–water partition coefficient (Wildman–Crippen LogP) is 4.46. The molecule has 0 bridgehead atoms. The molecule has 0 aliphatic heterocycles. The van der Waals surface area contributed by atoms with Crippen LogP contribution in [0.1, 0.15) is 36.6 Å². The number of hydrogen-bond acceptors (Lipinski definition) is 4. The van der Waals surface area contributed by atoms with Crippen LogP contribution in [0.2, 0.25) is 0 Å². The maximum Gasteiger partial charge on any atom is 0.331 e. The zero-order chi connectivity index (χ0) is 17.4. The Morgan fingerprint density at radius 3 is 2.62 bits per heavy atom. The second-order valence-corrected chi connectivity index (χ2v) is 6.42. The van der Waals surface area contributed by atoms with Gasteiger partial charge in [-0.15, -0.1) is 11.3 Å². The first kappa shape index (κ1) is 17.9. The van der Waals surface area contributed by atoms with E-state index in [1.54, 1.807) is 6.08 Å². The highest BCUT2D eigenvalue weighted by Gasteiger charge is 2.07. The minimum Gasteiger partial charge on any atom is -0.452 e. The van der Waals surface area contributed by atoms with E-state index in [9.17, 15) is 9.59 Å². The van der Waals surface area contributed by atoms with Crippen molar-refractivity contribution >= 4 is 35.0 Å². The van der Waals surface area contributed by atoms with Gasteiger partial charge in [0.25, 0.3) is 5.91 Å². The molecule has 1 N–H and O–H groups in total. The summed E-state index contributed by atoms with van der Waals surface area (Å²) < 4.78 is 4.92. The fraction of sp³-hybridized carbons (Fsp3) is 0.263.